The molecule has 2 fully saturated rings. The van der Waals surface area contributed by atoms with Crippen molar-refractivity contribution in [2.45, 2.75) is 59.2 Å². The number of aliphatic imine (C=N–C) groups is 1. The van der Waals surface area contributed by atoms with Gasteiger partial charge in [-0.3, -0.25) is 4.79 Å². The van der Waals surface area contributed by atoms with E-state index in [0.29, 0.717) is 26.1 Å². The van der Waals surface area contributed by atoms with Crippen molar-refractivity contribution >= 4 is 11.9 Å². The normalized spacial score (nSPS) is 16.2. The van der Waals surface area contributed by atoms with Gasteiger partial charge in [-0.05, 0) is 61.8 Å². The zero-order chi connectivity index (χ0) is 23.0. The van der Waals surface area contributed by atoms with Crippen LogP contribution in [0.2, 0.25) is 0 Å². The van der Waals surface area contributed by atoms with Crippen LogP contribution in [-0.2, 0) is 24.4 Å². The molecule has 6 nitrogen and oxygen atoms in total. The van der Waals surface area contributed by atoms with E-state index in [2.05, 4.69) is 66.9 Å². The van der Waals surface area contributed by atoms with Crippen molar-refractivity contribution in [2.24, 2.45) is 10.9 Å². The Morgan fingerprint density at radius 2 is 2.00 bits per heavy atom. The third-order valence-corrected chi connectivity index (χ3v) is 6.14. The lowest BCUT2D eigenvalue weighted by atomic mass is 10.1. The van der Waals surface area contributed by atoms with Crippen LogP contribution in [0.4, 0.5) is 0 Å². The summed E-state index contributed by atoms with van der Waals surface area (Å²) in [6.45, 7) is 8.55. The van der Waals surface area contributed by atoms with Gasteiger partial charge in [-0.15, -0.1) is 0 Å². The number of carbonyl (C=O) groups is 1. The van der Waals surface area contributed by atoms with Gasteiger partial charge < -0.3 is 20.3 Å². The Hall–Kier alpha value is -3.02. The van der Waals surface area contributed by atoms with Crippen molar-refractivity contribution in [3.8, 4) is 5.75 Å². The molecular formula is C27H36N4O2. The average Bonchev–Trinajstić information content (AvgIpc) is 3.56. The van der Waals surface area contributed by atoms with Crippen LogP contribution in [0.25, 0.3) is 0 Å². The summed E-state index contributed by atoms with van der Waals surface area (Å²) < 4.78 is 6.11. The summed E-state index contributed by atoms with van der Waals surface area (Å²) in [7, 11) is 0. The highest BCUT2D eigenvalue weighted by atomic mass is 16.5. The fourth-order valence-electron chi connectivity index (χ4n) is 4.04. The predicted octanol–water partition coefficient (Wildman–Crippen LogP) is 4.16. The SMILES string of the molecule is CCNC(=NCc1cccc(CN2CCCC2=O)c1)NCc1ccc(C)cc1OCC1CC1. The second-order valence-corrected chi connectivity index (χ2v) is 9.15. The number of aryl methyl sites for hydroxylation is 1. The number of guanidine groups is 1. The molecule has 0 spiro atoms. The van der Waals surface area contributed by atoms with Gasteiger partial charge in [0.2, 0.25) is 5.91 Å². The van der Waals surface area contributed by atoms with E-state index in [1.807, 2.05) is 4.90 Å². The van der Waals surface area contributed by atoms with Crippen LogP contribution >= 0.6 is 0 Å². The minimum atomic E-state index is 0.258. The van der Waals surface area contributed by atoms with E-state index < -0.39 is 0 Å². The average molecular weight is 449 g/mol. The molecule has 1 aliphatic heterocycles. The van der Waals surface area contributed by atoms with Crippen LogP contribution in [0.5, 0.6) is 5.75 Å². The molecule has 1 heterocycles. The van der Waals surface area contributed by atoms with E-state index in [-0.39, 0.29) is 5.91 Å². The summed E-state index contributed by atoms with van der Waals surface area (Å²) >= 11 is 0. The molecule has 4 rings (SSSR count). The molecule has 0 unspecified atom stereocenters. The molecule has 2 aromatic carbocycles. The van der Waals surface area contributed by atoms with E-state index in [4.69, 9.17) is 9.73 Å². The Morgan fingerprint density at radius 1 is 1.15 bits per heavy atom. The number of likely N-dealkylation sites (tertiary alicyclic amines) is 1. The number of benzene rings is 2. The quantitative estimate of drug-likeness (QED) is 0.423. The lowest BCUT2D eigenvalue weighted by Crippen LogP contribution is -2.36. The topological polar surface area (TPSA) is 66.0 Å². The van der Waals surface area contributed by atoms with Crippen molar-refractivity contribution in [3.63, 3.8) is 0 Å². The zero-order valence-corrected chi connectivity index (χ0v) is 19.9. The highest BCUT2D eigenvalue weighted by molar-refractivity contribution is 5.80. The van der Waals surface area contributed by atoms with E-state index in [9.17, 15) is 4.79 Å². The first-order chi connectivity index (χ1) is 16.1. The molecule has 2 N–H and O–H groups in total. The maximum atomic E-state index is 11.9. The Balaban J connectivity index is 1.37. The first-order valence-electron chi connectivity index (χ1n) is 12.2. The van der Waals surface area contributed by atoms with Crippen LogP contribution < -0.4 is 15.4 Å². The molecule has 176 valence electrons. The van der Waals surface area contributed by atoms with Crippen molar-refractivity contribution in [1.82, 2.24) is 15.5 Å². The summed E-state index contributed by atoms with van der Waals surface area (Å²) in [5.74, 6) is 2.74. The van der Waals surface area contributed by atoms with Crippen molar-refractivity contribution in [2.75, 3.05) is 19.7 Å². The smallest absolute Gasteiger partial charge is 0.222 e. The third-order valence-electron chi connectivity index (χ3n) is 6.14. The second kappa shape index (κ2) is 11.2. The van der Waals surface area contributed by atoms with Gasteiger partial charge in [-0.2, -0.15) is 0 Å². The number of hydrogen-bond acceptors (Lipinski definition) is 3. The summed E-state index contributed by atoms with van der Waals surface area (Å²) in [4.78, 5) is 18.7. The third kappa shape index (κ3) is 6.98. The number of ether oxygens (including phenoxy) is 1. The molecule has 1 saturated heterocycles. The minimum Gasteiger partial charge on any atom is -0.493 e. The maximum Gasteiger partial charge on any atom is 0.222 e. The summed E-state index contributed by atoms with van der Waals surface area (Å²) in [6, 6.07) is 14.8. The molecule has 0 aromatic heterocycles. The van der Waals surface area contributed by atoms with Crippen LogP contribution in [0.15, 0.2) is 47.5 Å². The molecule has 1 aliphatic carbocycles. The van der Waals surface area contributed by atoms with Gasteiger partial charge in [-0.25, -0.2) is 4.99 Å². The number of hydrogen-bond donors (Lipinski definition) is 2. The van der Waals surface area contributed by atoms with Crippen LogP contribution in [0.3, 0.4) is 0 Å². The number of nitrogens with zero attached hydrogens (tertiary/aromatic N) is 2. The molecule has 2 aromatic rings. The fourth-order valence-corrected chi connectivity index (χ4v) is 4.04. The first kappa shape index (κ1) is 23.1. The first-order valence-corrected chi connectivity index (χ1v) is 12.2. The number of carbonyl (C=O) groups excluding carboxylic acids is 1. The number of rotatable bonds is 10. The van der Waals surface area contributed by atoms with Crippen LogP contribution in [0.1, 0.15) is 54.9 Å². The molecule has 0 bridgehead atoms. The number of amides is 1. The molecule has 6 heteroatoms. The van der Waals surface area contributed by atoms with E-state index >= 15 is 0 Å². The van der Waals surface area contributed by atoms with Gasteiger partial charge >= 0.3 is 0 Å². The van der Waals surface area contributed by atoms with Gasteiger partial charge in [-0.1, -0.05) is 36.4 Å². The lowest BCUT2D eigenvalue weighted by Gasteiger charge is -2.16. The lowest BCUT2D eigenvalue weighted by molar-refractivity contribution is -0.128. The Bertz CT molecular complexity index is 984. The monoisotopic (exact) mass is 448 g/mol. The standard InChI is InChI=1S/C27H36N4O2/c1-3-28-27(30-17-24-12-9-20(2)14-25(24)33-19-21-10-11-21)29-16-22-6-4-7-23(15-22)18-31-13-5-8-26(31)32/h4,6-7,9,12,14-15,21H,3,5,8,10-11,13,16-19H2,1-2H3,(H2,28,29,30). The zero-order valence-electron chi connectivity index (χ0n) is 19.9. The second-order valence-electron chi connectivity index (χ2n) is 9.15. The maximum absolute atomic E-state index is 11.9. The van der Waals surface area contributed by atoms with E-state index in [1.54, 1.807) is 0 Å². The van der Waals surface area contributed by atoms with Gasteiger partial charge in [0.1, 0.15) is 5.75 Å². The van der Waals surface area contributed by atoms with E-state index in [0.717, 1.165) is 60.4 Å². The van der Waals surface area contributed by atoms with Crippen LogP contribution in [-0.4, -0.2) is 36.5 Å². The summed E-state index contributed by atoms with van der Waals surface area (Å²) in [5.41, 5.74) is 4.65. The van der Waals surface area contributed by atoms with Gasteiger partial charge in [0.15, 0.2) is 5.96 Å². The summed E-state index contributed by atoms with van der Waals surface area (Å²) in [5, 5.41) is 6.79. The molecular weight excluding hydrogens is 412 g/mol. The predicted molar refractivity (Wildman–Crippen MR) is 132 cm³/mol. The van der Waals surface area contributed by atoms with E-state index in [1.165, 1.54) is 18.4 Å². The molecule has 0 radical (unpaired) electrons. The van der Waals surface area contributed by atoms with Crippen molar-refractivity contribution in [3.05, 3.63) is 64.7 Å². The molecule has 0 atom stereocenters. The Kier molecular flexibility index (Phi) is 7.87. The van der Waals surface area contributed by atoms with Gasteiger partial charge in [0.05, 0.1) is 13.2 Å². The minimum absolute atomic E-state index is 0.258. The van der Waals surface area contributed by atoms with Gasteiger partial charge in [0.25, 0.3) is 0 Å². The molecule has 1 saturated carbocycles. The Labute approximate surface area is 197 Å². The fraction of sp³-hybridized carbons (Fsp3) is 0.481. The largest absolute Gasteiger partial charge is 0.493 e. The highest BCUT2D eigenvalue weighted by Crippen LogP contribution is 2.30. The summed E-state index contributed by atoms with van der Waals surface area (Å²) in [6.07, 6.45) is 4.21. The van der Waals surface area contributed by atoms with Gasteiger partial charge in [0, 0.05) is 38.2 Å². The molecule has 1 amide bonds. The number of nitrogens with one attached hydrogen (secondary N) is 2. The Morgan fingerprint density at radius 3 is 2.76 bits per heavy atom. The highest BCUT2D eigenvalue weighted by Gasteiger charge is 2.22. The van der Waals surface area contributed by atoms with Crippen LogP contribution in [0, 0.1) is 12.8 Å². The molecule has 2 aliphatic rings. The van der Waals surface area contributed by atoms with Crippen molar-refractivity contribution < 1.29 is 9.53 Å². The van der Waals surface area contributed by atoms with Crippen molar-refractivity contribution in [1.29, 1.82) is 0 Å². The molecule has 33 heavy (non-hydrogen) atoms.